The van der Waals surface area contributed by atoms with Gasteiger partial charge in [-0.3, -0.25) is 4.90 Å². The van der Waals surface area contributed by atoms with Gasteiger partial charge in [-0.05, 0) is 57.0 Å². The van der Waals surface area contributed by atoms with E-state index in [1.54, 1.807) is 0 Å². The Morgan fingerprint density at radius 2 is 1.94 bits per heavy atom. The third-order valence-electron chi connectivity index (χ3n) is 5.27. The Labute approximate surface area is 113 Å². The van der Waals surface area contributed by atoms with E-state index in [0.29, 0.717) is 0 Å². The number of piperidine rings is 1. The van der Waals surface area contributed by atoms with Crippen LogP contribution in [-0.4, -0.2) is 30.1 Å². The summed E-state index contributed by atoms with van der Waals surface area (Å²) in [6, 6.07) is 1.66. The van der Waals surface area contributed by atoms with Crippen LogP contribution in [0.1, 0.15) is 65.2 Å². The highest BCUT2D eigenvalue weighted by atomic mass is 15.2. The third-order valence-corrected chi connectivity index (χ3v) is 5.27. The number of likely N-dealkylation sites (tertiary alicyclic amines) is 1. The van der Waals surface area contributed by atoms with Crippen molar-refractivity contribution in [1.29, 1.82) is 0 Å². The van der Waals surface area contributed by atoms with Gasteiger partial charge in [-0.15, -0.1) is 0 Å². The Kier molecular flexibility index (Phi) is 5.50. The minimum atomic E-state index is 0.791. The predicted molar refractivity (Wildman–Crippen MR) is 78.6 cm³/mol. The van der Waals surface area contributed by atoms with Gasteiger partial charge in [-0.1, -0.05) is 33.1 Å². The highest BCUT2D eigenvalue weighted by Gasteiger charge is 2.32. The van der Waals surface area contributed by atoms with E-state index >= 15 is 0 Å². The van der Waals surface area contributed by atoms with Crippen LogP contribution < -0.4 is 5.73 Å². The first-order valence-corrected chi connectivity index (χ1v) is 8.18. The molecule has 1 heterocycles. The fourth-order valence-corrected chi connectivity index (χ4v) is 4.11. The molecule has 18 heavy (non-hydrogen) atoms. The Hall–Kier alpha value is -0.0800. The van der Waals surface area contributed by atoms with E-state index in [1.165, 1.54) is 57.9 Å². The van der Waals surface area contributed by atoms with Crippen molar-refractivity contribution in [2.45, 2.75) is 77.3 Å². The average molecular weight is 252 g/mol. The van der Waals surface area contributed by atoms with Gasteiger partial charge < -0.3 is 5.73 Å². The molecule has 0 aromatic rings. The maximum Gasteiger partial charge on any atom is 0.0110 e. The molecule has 1 saturated carbocycles. The molecule has 3 unspecified atom stereocenters. The van der Waals surface area contributed by atoms with Crippen LogP contribution in [0.25, 0.3) is 0 Å². The van der Waals surface area contributed by atoms with Gasteiger partial charge in [-0.2, -0.15) is 0 Å². The lowest BCUT2D eigenvalue weighted by Crippen LogP contribution is -2.49. The van der Waals surface area contributed by atoms with Crippen LogP contribution in [0.4, 0.5) is 0 Å². The van der Waals surface area contributed by atoms with Crippen molar-refractivity contribution in [2.75, 3.05) is 13.1 Å². The third kappa shape index (κ3) is 3.48. The molecular formula is C16H32N2. The molecule has 3 atom stereocenters. The second-order valence-corrected chi connectivity index (χ2v) is 6.79. The lowest BCUT2D eigenvalue weighted by molar-refractivity contribution is 0.0478. The summed E-state index contributed by atoms with van der Waals surface area (Å²) in [4.78, 5) is 2.84. The molecule has 2 N–H and O–H groups in total. The molecule has 0 aromatic carbocycles. The zero-order chi connectivity index (χ0) is 13.0. The van der Waals surface area contributed by atoms with Crippen LogP contribution >= 0.6 is 0 Å². The highest BCUT2D eigenvalue weighted by molar-refractivity contribution is 4.87. The maximum absolute atomic E-state index is 5.80. The summed E-state index contributed by atoms with van der Waals surface area (Å²) < 4.78 is 0. The summed E-state index contributed by atoms with van der Waals surface area (Å²) >= 11 is 0. The van der Waals surface area contributed by atoms with Gasteiger partial charge in [0.05, 0.1) is 0 Å². The second kappa shape index (κ2) is 6.91. The van der Waals surface area contributed by atoms with Crippen LogP contribution in [0.3, 0.4) is 0 Å². The van der Waals surface area contributed by atoms with E-state index in [1.807, 2.05) is 0 Å². The number of hydrogen-bond donors (Lipinski definition) is 1. The SMILES string of the molecule is CC(C)C1CCCC(N2CCCCC2CCN)C1. The molecule has 2 fully saturated rings. The van der Waals surface area contributed by atoms with E-state index in [2.05, 4.69) is 18.7 Å². The minimum absolute atomic E-state index is 0.791. The molecular weight excluding hydrogens is 220 g/mol. The van der Waals surface area contributed by atoms with Gasteiger partial charge in [0.25, 0.3) is 0 Å². The van der Waals surface area contributed by atoms with Crippen LogP contribution in [0, 0.1) is 11.8 Å². The number of hydrogen-bond acceptors (Lipinski definition) is 2. The standard InChI is InChI=1S/C16H32N2/c1-13(2)14-6-5-8-16(12-14)18-11-4-3-7-15(18)9-10-17/h13-16H,3-12,17H2,1-2H3. The van der Waals surface area contributed by atoms with Crippen molar-refractivity contribution >= 4 is 0 Å². The molecule has 1 saturated heterocycles. The van der Waals surface area contributed by atoms with E-state index in [0.717, 1.165) is 30.5 Å². The van der Waals surface area contributed by atoms with E-state index < -0.39 is 0 Å². The fraction of sp³-hybridized carbons (Fsp3) is 1.00. The Balaban J connectivity index is 1.95. The summed E-state index contributed by atoms with van der Waals surface area (Å²) in [5.74, 6) is 1.83. The van der Waals surface area contributed by atoms with Gasteiger partial charge in [0, 0.05) is 12.1 Å². The predicted octanol–water partition coefficient (Wildman–Crippen LogP) is 3.40. The van der Waals surface area contributed by atoms with Crippen molar-refractivity contribution in [2.24, 2.45) is 17.6 Å². The number of rotatable bonds is 4. The number of nitrogens with zero attached hydrogens (tertiary/aromatic N) is 1. The van der Waals surface area contributed by atoms with Crippen LogP contribution in [0.2, 0.25) is 0 Å². The quantitative estimate of drug-likeness (QED) is 0.831. The molecule has 0 aromatic heterocycles. The van der Waals surface area contributed by atoms with E-state index in [4.69, 9.17) is 5.73 Å². The van der Waals surface area contributed by atoms with Crippen molar-refractivity contribution in [3.63, 3.8) is 0 Å². The van der Waals surface area contributed by atoms with Crippen LogP contribution in [-0.2, 0) is 0 Å². The van der Waals surface area contributed by atoms with E-state index in [-0.39, 0.29) is 0 Å². The van der Waals surface area contributed by atoms with Gasteiger partial charge >= 0.3 is 0 Å². The zero-order valence-corrected chi connectivity index (χ0v) is 12.4. The molecule has 0 spiro atoms. The van der Waals surface area contributed by atoms with E-state index in [9.17, 15) is 0 Å². The van der Waals surface area contributed by atoms with Crippen molar-refractivity contribution < 1.29 is 0 Å². The van der Waals surface area contributed by atoms with Crippen LogP contribution in [0.5, 0.6) is 0 Å². The Bertz CT molecular complexity index is 237. The summed E-state index contributed by atoms with van der Waals surface area (Å²) in [5, 5.41) is 0. The highest BCUT2D eigenvalue weighted by Crippen LogP contribution is 2.35. The average Bonchev–Trinajstić information content (AvgIpc) is 2.40. The van der Waals surface area contributed by atoms with Gasteiger partial charge in [0.1, 0.15) is 0 Å². The van der Waals surface area contributed by atoms with Crippen LogP contribution in [0.15, 0.2) is 0 Å². The first-order valence-electron chi connectivity index (χ1n) is 8.18. The molecule has 0 amide bonds. The van der Waals surface area contributed by atoms with Gasteiger partial charge in [0.2, 0.25) is 0 Å². The van der Waals surface area contributed by atoms with Gasteiger partial charge in [-0.25, -0.2) is 0 Å². The fourth-order valence-electron chi connectivity index (χ4n) is 4.11. The molecule has 1 aliphatic carbocycles. The molecule has 0 radical (unpaired) electrons. The molecule has 2 rings (SSSR count). The normalized spacial score (nSPS) is 35.0. The maximum atomic E-state index is 5.80. The van der Waals surface area contributed by atoms with Crippen molar-refractivity contribution in [3.05, 3.63) is 0 Å². The number of nitrogens with two attached hydrogens (primary N) is 1. The summed E-state index contributed by atoms with van der Waals surface area (Å²) in [7, 11) is 0. The lowest BCUT2D eigenvalue weighted by atomic mass is 9.78. The van der Waals surface area contributed by atoms with Crippen molar-refractivity contribution in [1.82, 2.24) is 4.90 Å². The largest absolute Gasteiger partial charge is 0.330 e. The minimum Gasteiger partial charge on any atom is -0.330 e. The molecule has 0 bridgehead atoms. The topological polar surface area (TPSA) is 29.3 Å². The lowest BCUT2D eigenvalue weighted by Gasteiger charge is -2.45. The smallest absolute Gasteiger partial charge is 0.0110 e. The molecule has 1 aliphatic heterocycles. The summed E-state index contributed by atoms with van der Waals surface area (Å²) in [6.45, 7) is 7.00. The Morgan fingerprint density at radius 1 is 1.11 bits per heavy atom. The summed E-state index contributed by atoms with van der Waals surface area (Å²) in [5.41, 5.74) is 5.80. The molecule has 106 valence electrons. The zero-order valence-electron chi connectivity index (χ0n) is 12.4. The molecule has 2 aliphatic rings. The second-order valence-electron chi connectivity index (χ2n) is 6.79. The first kappa shape index (κ1) is 14.3. The first-order chi connectivity index (χ1) is 8.72. The molecule has 2 nitrogen and oxygen atoms in total. The van der Waals surface area contributed by atoms with Gasteiger partial charge in [0.15, 0.2) is 0 Å². The molecule has 2 heteroatoms. The summed E-state index contributed by atoms with van der Waals surface area (Å²) in [6.07, 6.45) is 11.2. The monoisotopic (exact) mass is 252 g/mol. The Morgan fingerprint density at radius 3 is 2.67 bits per heavy atom. The van der Waals surface area contributed by atoms with Crippen molar-refractivity contribution in [3.8, 4) is 0 Å².